The van der Waals surface area contributed by atoms with E-state index in [4.69, 9.17) is 16.0 Å². The molecule has 2 bridgehead atoms. The molecular weight excluding hydrogens is 366 g/mol. The van der Waals surface area contributed by atoms with E-state index >= 15 is 0 Å². The van der Waals surface area contributed by atoms with Crippen LogP contribution in [0.1, 0.15) is 40.0 Å². The van der Waals surface area contributed by atoms with Crippen molar-refractivity contribution in [3.05, 3.63) is 65.0 Å². The number of fused-ring (bicyclic) bond motifs is 3. The zero-order valence-corrected chi connectivity index (χ0v) is 17.6. The smallest absolute Gasteiger partial charge is 0.215 e. The molecule has 0 N–H and O–H groups in total. The maximum absolute atomic E-state index is 6.30. The SMILES string of the molecule is CC1(C)C[C@@H]2C[C@@](C)(C[N+]2=c2cc(-c3ccc(Cl)cc3)oc3ccccc23)C1. The third-order valence-electron chi connectivity index (χ3n) is 6.50. The molecule has 0 amide bonds. The van der Waals surface area contributed by atoms with Gasteiger partial charge in [0.05, 0.1) is 11.5 Å². The van der Waals surface area contributed by atoms with Crippen LogP contribution in [0, 0.1) is 10.8 Å². The van der Waals surface area contributed by atoms with Crippen LogP contribution in [-0.4, -0.2) is 12.6 Å². The second-order valence-electron chi connectivity index (χ2n) is 9.84. The maximum atomic E-state index is 6.30. The standard InChI is InChI=1S/C25H27ClNO/c1-24(2)13-19-14-25(3,15-24)16-27(19)21-12-23(17-8-10-18(26)11-9-17)28-22-7-5-4-6-20(21)22/h4-12,19H,13-16H2,1-3H3/q+1/t19-,25-/m1/s1. The van der Waals surface area contributed by atoms with Gasteiger partial charge in [0, 0.05) is 28.8 Å². The molecule has 1 saturated carbocycles. The molecule has 0 radical (unpaired) electrons. The lowest BCUT2D eigenvalue weighted by atomic mass is 9.65. The average Bonchev–Trinajstić information content (AvgIpc) is 2.90. The van der Waals surface area contributed by atoms with Gasteiger partial charge in [0.25, 0.3) is 0 Å². The fourth-order valence-electron chi connectivity index (χ4n) is 5.85. The summed E-state index contributed by atoms with van der Waals surface area (Å²) in [5, 5.41) is 3.25. The highest BCUT2D eigenvalue weighted by molar-refractivity contribution is 6.30. The highest BCUT2D eigenvalue weighted by Crippen LogP contribution is 2.50. The second-order valence-corrected chi connectivity index (χ2v) is 10.3. The quantitative estimate of drug-likeness (QED) is 0.455. The Labute approximate surface area is 171 Å². The fraction of sp³-hybridized carbons (Fsp3) is 0.400. The Morgan fingerprint density at radius 2 is 1.75 bits per heavy atom. The highest BCUT2D eigenvalue weighted by Gasteiger charge is 2.53. The zero-order valence-electron chi connectivity index (χ0n) is 16.8. The van der Waals surface area contributed by atoms with Gasteiger partial charge in [0.15, 0.2) is 6.04 Å². The minimum absolute atomic E-state index is 0.390. The number of hydrogen-bond donors (Lipinski definition) is 0. The molecule has 2 aliphatic rings. The molecule has 0 unspecified atom stereocenters. The molecule has 0 spiro atoms. The summed E-state index contributed by atoms with van der Waals surface area (Å²) in [6.45, 7) is 8.45. The van der Waals surface area contributed by atoms with E-state index in [1.54, 1.807) is 0 Å². The van der Waals surface area contributed by atoms with Crippen LogP contribution >= 0.6 is 11.6 Å². The summed E-state index contributed by atoms with van der Waals surface area (Å²) in [4.78, 5) is 0. The van der Waals surface area contributed by atoms with Crippen molar-refractivity contribution < 1.29 is 4.42 Å². The van der Waals surface area contributed by atoms with Gasteiger partial charge in [-0.3, -0.25) is 0 Å². The van der Waals surface area contributed by atoms with E-state index in [1.165, 1.54) is 30.0 Å². The number of para-hydroxylation sites is 1. The van der Waals surface area contributed by atoms with E-state index in [1.807, 2.05) is 30.3 Å². The molecule has 5 rings (SSSR count). The van der Waals surface area contributed by atoms with E-state index in [0.717, 1.165) is 28.5 Å². The Morgan fingerprint density at radius 3 is 2.54 bits per heavy atom. The summed E-state index contributed by atoms with van der Waals surface area (Å²) in [6, 6.07) is 19.2. The summed E-state index contributed by atoms with van der Waals surface area (Å²) >= 11 is 6.09. The van der Waals surface area contributed by atoms with Gasteiger partial charge >= 0.3 is 0 Å². The molecular formula is C25H27ClNO+. The average molecular weight is 393 g/mol. The third kappa shape index (κ3) is 3.08. The number of halogens is 1. The molecule has 1 aliphatic heterocycles. The largest absolute Gasteiger partial charge is 0.456 e. The van der Waals surface area contributed by atoms with E-state index in [2.05, 4.69) is 49.6 Å². The predicted molar refractivity (Wildman–Crippen MR) is 116 cm³/mol. The summed E-state index contributed by atoms with van der Waals surface area (Å²) in [5.74, 6) is 0.899. The Hall–Kier alpha value is -2.06. The first-order valence-corrected chi connectivity index (χ1v) is 10.6. The Morgan fingerprint density at radius 1 is 1.00 bits per heavy atom. The molecule has 2 fully saturated rings. The molecule has 144 valence electrons. The van der Waals surface area contributed by atoms with Crippen molar-refractivity contribution in [2.75, 3.05) is 6.54 Å². The van der Waals surface area contributed by atoms with Crippen LogP contribution in [0.4, 0.5) is 0 Å². The van der Waals surface area contributed by atoms with E-state index in [-0.39, 0.29) is 0 Å². The van der Waals surface area contributed by atoms with Crippen LogP contribution in [0.2, 0.25) is 5.02 Å². The van der Waals surface area contributed by atoms with E-state index in [0.29, 0.717) is 16.9 Å². The van der Waals surface area contributed by atoms with Crippen molar-refractivity contribution in [3.8, 4) is 11.3 Å². The fourth-order valence-corrected chi connectivity index (χ4v) is 5.98. The molecule has 2 aromatic carbocycles. The van der Waals surface area contributed by atoms with Gasteiger partial charge < -0.3 is 4.42 Å². The molecule has 3 heteroatoms. The lowest BCUT2D eigenvalue weighted by Gasteiger charge is -2.36. The molecule has 28 heavy (non-hydrogen) atoms. The molecule has 2 heterocycles. The molecule has 2 atom stereocenters. The summed E-state index contributed by atoms with van der Waals surface area (Å²) in [6.07, 6.45) is 3.83. The van der Waals surface area contributed by atoms with Crippen LogP contribution in [0.25, 0.3) is 22.3 Å². The van der Waals surface area contributed by atoms with Crippen molar-refractivity contribution >= 4 is 22.6 Å². The molecule has 2 nitrogen and oxygen atoms in total. The predicted octanol–water partition coefficient (Wildman–Crippen LogP) is 6.12. The molecule has 1 aromatic heterocycles. The second kappa shape index (κ2) is 6.22. The van der Waals surface area contributed by atoms with Crippen LogP contribution in [0.3, 0.4) is 0 Å². The van der Waals surface area contributed by atoms with Crippen LogP contribution in [-0.2, 0) is 0 Å². The Bertz CT molecular complexity index is 1130. The first kappa shape index (κ1) is 18.0. The minimum Gasteiger partial charge on any atom is -0.456 e. The third-order valence-corrected chi connectivity index (χ3v) is 6.76. The lowest BCUT2D eigenvalue weighted by Crippen LogP contribution is -2.37. The first-order valence-electron chi connectivity index (χ1n) is 10.2. The zero-order chi connectivity index (χ0) is 19.5. The molecule has 1 saturated heterocycles. The van der Waals surface area contributed by atoms with Crippen molar-refractivity contribution in [2.45, 2.75) is 46.1 Å². The number of hydrogen-bond acceptors (Lipinski definition) is 1. The van der Waals surface area contributed by atoms with Gasteiger partial charge in [0.2, 0.25) is 5.36 Å². The monoisotopic (exact) mass is 392 g/mol. The summed E-state index contributed by atoms with van der Waals surface area (Å²) in [7, 11) is 0. The first-order chi connectivity index (χ1) is 13.3. The van der Waals surface area contributed by atoms with Crippen LogP contribution in [0.15, 0.2) is 59.0 Å². The van der Waals surface area contributed by atoms with Gasteiger partial charge in [-0.25, -0.2) is 4.58 Å². The molecule has 1 aliphatic carbocycles. The minimum atomic E-state index is 0.390. The normalized spacial score (nSPS) is 27.9. The summed E-state index contributed by atoms with van der Waals surface area (Å²) in [5.41, 5.74) is 2.79. The topological polar surface area (TPSA) is 16.1 Å². The Kier molecular flexibility index (Phi) is 4.00. The number of nitrogens with zero attached hydrogens (tertiary/aromatic N) is 1. The van der Waals surface area contributed by atoms with E-state index < -0.39 is 0 Å². The van der Waals surface area contributed by atoms with Crippen molar-refractivity contribution in [1.82, 2.24) is 4.58 Å². The lowest BCUT2D eigenvalue weighted by molar-refractivity contribution is 0.135. The van der Waals surface area contributed by atoms with Gasteiger partial charge in [-0.15, -0.1) is 0 Å². The molecule has 3 aromatic rings. The van der Waals surface area contributed by atoms with Gasteiger partial charge in [0.1, 0.15) is 17.9 Å². The number of benzene rings is 2. The van der Waals surface area contributed by atoms with E-state index in [9.17, 15) is 0 Å². The van der Waals surface area contributed by atoms with Gasteiger partial charge in [-0.2, -0.15) is 0 Å². The number of rotatable bonds is 1. The summed E-state index contributed by atoms with van der Waals surface area (Å²) < 4.78 is 8.95. The maximum Gasteiger partial charge on any atom is 0.215 e. The van der Waals surface area contributed by atoms with Crippen molar-refractivity contribution in [1.29, 1.82) is 0 Å². The highest BCUT2D eigenvalue weighted by atomic mass is 35.5. The van der Waals surface area contributed by atoms with Crippen LogP contribution in [0.5, 0.6) is 0 Å². The van der Waals surface area contributed by atoms with Crippen LogP contribution < -0.4 is 9.93 Å². The van der Waals surface area contributed by atoms with Crippen molar-refractivity contribution in [2.24, 2.45) is 10.8 Å². The van der Waals surface area contributed by atoms with Gasteiger partial charge in [-0.1, -0.05) is 44.5 Å². The Balaban J connectivity index is 1.77. The van der Waals surface area contributed by atoms with Crippen molar-refractivity contribution in [3.63, 3.8) is 0 Å². The van der Waals surface area contributed by atoms with Gasteiger partial charge in [-0.05, 0) is 48.2 Å².